The maximum atomic E-state index is 12.1. The molecule has 131 heavy (non-hydrogen) atoms. The van der Waals surface area contributed by atoms with Crippen LogP contribution in [0.2, 0.25) is 0 Å². The number of esters is 7. The van der Waals surface area contributed by atoms with E-state index >= 15 is 0 Å². The number of nitrogens with one attached hydrogen (secondary N) is 7. The average molecular weight is 1920 g/mol. The lowest BCUT2D eigenvalue weighted by Gasteiger charge is -2.26. The lowest BCUT2D eigenvalue weighted by molar-refractivity contribution is -0.165. The summed E-state index contributed by atoms with van der Waals surface area (Å²) in [4.78, 5) is 169. The highest BCUT2D eigenvalue weighted by molar-refractivity contribution is 9.11. The molecule has 13 rings (SSSR count). The number of hydrogen-bond donors (Lipinski definition) is 9. The fourth-order valence-corrected chi connectivity index (χ4v) is 15.2. The van der Waals surface area contributed by atoms with Crippen molar-refractivity contribution >= 4 is 99.1 Å². The minimum Gasteiger partial charge on any atom is -0.480 e. The first-order valence-electron chi connectivity index (χ1n) is 44.5. The Kier molecular flexibility index (Phi) is 49.4. The highest BCUT2D eigenvalue weighted by Gasteiger charge is 2.41. The molecule has 0 spiro atoms. The third-order valence-corrected chi connectivity index (χ3v) is 22.2. The van der Waals surface area contributed by atoms with E-state index in [2.05, 4.69) is 53.1 Å². The molecule has 10 N–H and O–H groups in total. The minimum atomic E-state index is -0.796. The van der Waals surface area contributed by atoms with Crippen LogP contribution in [0, 0.1) is 11.3 Å². The van der Waals surface area contributed by atoms with E-state index < -0.39 is 73.6 Å². The molecule has 0 aromatic heterocycles. The molecular weight excluding hydrogens is 1780 g/mol. The van der Waals surface area contributed by atoms with Crippen molar-refractivity contribution in [3.8, 4) is 0 Å². The second-order valence-corrected chi connectivity index (χ2v) is 34.0. The number of carbonyl (C=O) groups is 14. The molecule has 0 bridgehead atoms. The fraction of sp³-hybridized carbons (Fsp3) is 0.663. The van der Waals surface area contributed by atoms with Crippen LogP contribution in [0.15, 0.2) is 88.0 Å². The molecule has 734 valence electrons. The Bertz CT molecular complexity index is 3810. The lowest BCUT2D eigenvalue weighted by atomic mass is 9.87. The molecule has 7 fully saturated rings. The van der Waals surface area contributed by atoms with E-state index in [0.717, 1.165) is 122 Å². The third-order valence-electron chi connectivity index (χ3n) is 21.6. The van der Waals surface area contributed by atoms with Crippen molar-refractivity contribution in [3.05, 3.63) is 93.5 Å². The van der Waals surface area contributed by atoms with E-state index in [-0.39, 0.29) is 113 Å². The summed E-state index contributed by atoms with van der Waals surface area (Å²) in [6.07, 6.45) is 13.6. The number of ether oxygens (including phenoxy) is 13. The first-order chi connectivity index (χ1) is 62.2. The van der Waals surface area contributed by atoms with Crippen LogP contribution in [0.4, 0.5) is 0 Å². The number of hydrogen-bond acceptors (Lipinski definition) is 34. The van der Waals surface area contributed by atoms with Crippen LogP contribution < -0.4 is 43.0 Å². The number of primary amides is 1. The number of likely N-dealkylation sites (tertiary alicyclic amines) is 5. The summed E-state index contributed by atoms with van der Waals surface area (Å²) in [7, 11) is 11.3. The van der Waals surface area contributed by atoms with Crippen LogP contribution in [0.3, 0.4) is 0 Å². The van der Waals surface area contributed by atoms with Gasteiger partial charge in [-0.2, -0.15) is 0 Å². The van der Waals surface area contributed by atoms with Gasteiger partial charge in [0.2, 0.25) is 73.2 Å². The predicted octanol–water partition coefficient (Wildman–Crippen LogP) is 3.37. The van der Waals surface area contributed by atoms with Gasteiger partial charge in [0.1, 0.15) is 18.7 Å². The molecule has 0 saturated carbocycles. The van der Waals surface area contributed by atoms with Crippen LogP contribution >= 0.6 is 15.9 Å². The van der Waals surface area contributed by atoms with E-state index in [1.165, 1.54) is 30.4 Å². The summed E-state index contributed by atoms with van der Waals surface area (Å²) in [6.45, 7) is 28.7. The number of cyclic esters (lactones) is 6. The number of carbonyl (C=O) groups excluding carboxylic acids is 13. The number of carboxylic acid groups (broad SMARTS) is 1. The Morgan fingerprint density at radius 1 is 0.481 bits per heavy atom. The van der Waals surface area contributed by atoms with Gasteiger partial charge in [0.25, 0.3) is 0 Å². The van der Waals surface area contributed by atoms with Gasteiger partial charge in [-0.3, -0.25) is 67.7 Å². The summed E-state index contributed by atoms with van der Waals surface area (Å²) in [6, 6.07) is 8.16. The zero-order valence-electron chi connectivity index (χ0n) is 78.5. The SMILES string of the molecule is CC(C)C(=O)OCc1ccccc1.CCOC1OC(=O)C=C1Br.CCOC1OC(=O)C=C1NC(=O)[C@@H]1CCCN1C.CCOC1OC(=O)C=C1NC(=O)[C@@H]1CCCN1C.CCO[C@@H]1OC(=O)C=C1NC(=O)[C@@H]1CCCN1C.CCO[C@@H]1OC(=O)C=C1NC(=O)[C@@H]1CCCN1C.CCO[C@@H]1OC(=O)C[C@@H]1NC(=O)[C@@H]1CCCN1.CN1CCC[C@H]1C(N)=O.CN[C@H](C(=O)O)C(C)(C)C. The number of carboxylic acids is 1. The summed E-state index contributed by atoms with van der Waals surface area (Å²) >= 11 is 3.14. The maximum absolute atomic E-state index is 12.1. The van der Waals surface area contributed by atoms with E-state index in [0.29, 0.717) is 73.5 Å². The summed E-state index contributed by atoms with van der Waals surface area (Å²) < 4.78 is 66.3. The van der Waals surface area contributed by atoms with Crippen molar-refractivity contribution in [3.63, 3.8) is 0 Å². The summed E-state index contributed by atoms with van der Waals surface area (Å²) in [5.74, 6) is -4.30. The van der Waals surface area contributed by atoms with Crippen molar-refractivity contribution in [1.82, 2.24) is 61.7 Å². The number of aliphatic carboxylic acids is 1. The monoisotopic (exact) mass is 1920 g/mol. The fourth-order valence-electron chi connectivity index (χ4n) is 14.8. The smallest absolute Gasteiger partial charge is 0.335 e. The highest BCUT2D eigenvalue weighted by atomic mass is 79.9. The molecule has 1 aromatic carbocycles. The standard InChI is InChI=1S/4C12H18N2O4.C11H18N2O4.C11H14O2.C7H15NO2.C6H7BrO3.C6H12N2O/c4*1-3-17-12-8(7-10(15)18-12)13-11(16)9-5-4-6-14(9)2;1-2-16-11-8(6-9(14)17-11)13-10(15)7-4-3-5-12-7;1-9(2)11(12)13-8-10-6-4-3-5-7-10;1-7(2,3)5(8-4)6(9)10;1-2-9-6-4(7)3-5(8)10-6;1-8-4-2-3-5(8)6(7)9/h4*7,9,12H,3-6H2,1-2H3,(H,13,16);7-8,11-12H,2-6H2,1H3,(H,13,15);3-7,9H,8H2,1-2H3;5,8H,1-4H3,(H,9,10);3,6H,2H2,1H3;5H,2-4H2,1H3,(H2,7,9)/t2*9-,12?;2*9-,12+;7-,8-,11+;;5-;;5-/m00000.1.0/s1. The zero-order chi connectivity index (χ0) is 97.2. The molecule has 7 saturated heterocycles. The van der Waals surface area contributed by atoms with Crippen LogP contribution in [-0.2, 0) is 135 Å². The third kappa shape index (κ3) is 38.2. The van der Waals surface area contributed by atoms with Gasteiger partial charge in [0, 0.05) is 70.0 Å². The Morgan fingerprint density at radius 3 is 1.08 bits per heavy atom. The van der Waals surface area contributed by atoms with Crippen molar-refractivity contribution in [1.29, 1.82) is 0 Å². The van der Waals surface area contributed by atoms with Crippen molar-refractivity contribution in [2.24, 2.45) is 17.1 Å². The number of halogens is 1. The Labute approximate surface area is 775 Å². The summed E-state index contributed by atoms with van der Waals surface area (Å²) in [5.41, 5.74) is 7.49. The normalized spacial score (nSPS) is 25.6. The second-order valence-electron chi connectivity index (χ2n) is 33.1. The van der Waals surface area contributed by atoms with Crippen LogP contribution in [0.1, 0.15) is 165 Å². The Morgan fingerprint density at radius 2 is 0.817 bits per heavy atom. The quantitative estimate of drug-likeness (QED) is 0.0429. The van der Waals surface area contributed by atoms with Crippen molar-refractivity contribution in [2.75, 3.05) is 121 Å². The molecule has 0 aliphatic carbocycles. The number of nitrogens with two attached hydrogens (primary N) is 1. The molecule has 3 unspecified atom stereocenters. The second kappa shape index (κ2) is 57.8. The van der Waals surface area contributed by atoms with E-state index in [4.69, 9.17) is 72.4 Å². The van der Waals surface area contributed by atoms with Gasteiger partial charge in [0.05, 0.1) is 75.9 Å². The van der Waals surface area contributed by atoms with Gasteiger partial charge in [-0.15, -0.1) is 0 Å². The lowest BCUT2D eigenvalue weighted by Crippen LogP contribution is -2.48. The molecule has 42 heteroatoms. The van der Waals surface area contributed by atoms with Crippen LogP contribution in [-0.4, -0.2) is 320 Å². The van der Waals surface area contributed by atoms with Crippen molar-refractivity contribution < 1.29 is 134 Å². The topological polar surface area (TPSA) is 506 Å². The molecule has 14 atom stereocenters. The first kappa shape index (κ1) is 112. The van der Waals surface area contributed by atoms with E-state index in [9.17, 15) is 67.1 Å². The summed E-state index contributed by atoms with van der Waals surface area (Å²) in [5, 5.41) is 28.2. The largest absolute Gasteiger partial charge is 0.480 e. The molecule has 1 aromatic rings. The molecule has 0 radical (unpaired) electrons. The number of rotatable bonds is 28. The zero-order valence-corrected chi connectivity index (χ0v) is 80.1. The number of likely N-dealkylation sites (N-methyl/N-ethyl adjacent to an activating group) is 6. The van der Waals surface area contributed by atoms with Crippen LogP contribution in [0.5, 0.6) is 0 Å². The average Bonchev–Trinajstić information content (AvgIpc) is 1.62. The Hall–Kier alpha value is -9.54. The molecule has 12 heterocycles. The van der Waals surface area contributed by atoms with Gasteiger partial charge in [-0.05, 0) is 227 Å². The van der Waals surface area contributed by atoms with E-state index in [1.54, 1.807) is 34.7 Å². The predicted molar refractivity (Wildman–Crippen MR) is 477 cm³/mol. The maximum Gasteiger partial charge on any atom is 0.335 e. The van der Waals surface area contributed by atoms with Gasteiger partial charge in [0.15, 0.2) is 0 Å². The number of amides is 6. The highest BCUT2D eigenvalue weighted by Crippen LogP contribution is 2.27. The molecule has 41 nitrogen and oxygen atoms in total. The molecular formula is C89H138BrN13O28. The first-order valence-corrected chi connectivity index (χ1v) is 45.3. The molecule has 12 aliphatic rings. The van der Waals surface area contributed by atoms with Crippen molar-refractivity contribution in [2.45, 2.75) is 252 Å². The van der Waals surface area contributed by atoms with Crippen LogP contribution in [0.25, 0.3) is 0 Å². The minimum absolute atomic E-state index is 0.00463. The van der Waals surface area contributed by atoms with Gasteiger partial charge >= 0.3 is 47.8 Å². The van der Waals surface area contributed by atoms with Gasteiger partial charge in [-0.25, -0.2) is 24.0 Å². The van der Waals surface area contributed by atoms with Gasteiger partial charge in [-0.1, -0.05) is 65.0 Å². The van der Waals surface area contributed by atoms with E-state index in [1.807, 2.05) is 139 Å². The number of nitrogens with zero attached hydrogens (tertiary/aromatic N) is 5. The number of benzene rings is 1. The Balaban J connectivity index is 0.000000264. The molecule has 6 amide bonds. The molecule has 12 aliphatic heterocycles. The van der Waals surface area contributed by atoms with Gasteiger partial charge < -0.3 is 110 Å².